The van der Waals surface area contributed by atoms with Crippen molar-refractivity contribution >= 4 is 63.3 Å². The summed E-state index contributed by atoms with van der Waals surface area (Å²) >= 11 is 0. The Morgan fingerprint density at radius 2 is 0.771 bits per heavy atom. The van der Waals surface area contributed by atoms with Gasteiger partial charge < -0.3 is 4.90 Å². The summed E-state index contributed by atoms with van der Waals surface area (Å²) < 4.78 is 0. The van der Waals surface area contributed by atoms with Crippen LogP contribution in [0.5, 0.6) is 0 Å². The number of benzene rings is 10. The number of fused-ring (bicyclic) bond motifs is 10. The molecule has 4 heterocycles. The molecule has 3 aliphatic heterocycles. The minimum absolute atomic E-state index is 0.0339. The summed E-state index contributed by atoms with van der Waals surface area (Å²) in [7, 11) is 0. The lowest BCUT2D eigenvalue weighted by Crippen LogP contribution is -2.69. The van der Waals surface area contributed by atoms with Gasteiger partial charge in [-0.25, -0.2) is 0 Å². The quantitative estimate of drug-likeness (QED) is 0.155. The number of aromatic nitrogens is 1. The Kier molecular flexibility index (Phi) is 9.35. The highest BCUT2D eigenvalue weighted by Gasteiger charge is 2.56. The van der Waals surface area contributed by atoms with Gasteiger partial charge in [0, 0.05) is 29.5 Å². The van der Waals surface area contributed by atoms with Crippen LogP contribution in [-0.4, -0.2) is 18.4 Å². The van der Waals surface area contributed by atoms with E-state index < -0.39 is 5.41 Å². The molecule has 1 aromatic heterocycles. The molecule has 70 heavy (non-hydrogen) atoms. The largest absolute Gasteiger partial charge is 0.311 e. The number of anilines is 3. The van der Waals surface area contributed by atoms with E-state index >= 15 is 0 Å². The van der Waals surface area contributed by atoms with Crippen molar-refractivity contribution in [3.63, 3.8) is 0 Å². The zero-order valence-corrected chi connectivity index (χ0v) is 38.5. The van der Waals surface area contributed by atoms with Gasteiger partial charge in [-0.15, -0.1) is 0 Å². The molecule has 0 bridgehead atoms. The number of pyridine rings is 1. The third-order valence-electron chi connectivity index (χ3n) is 15.4. The van der Waals surface area contributed by atoms with Crippen LogP contribution in [0.15, 0.2) is 267 Å². The Balaban J connectivity index is 1.20. The molecule has 4 heteroatoms. The first-order chi connectivity index (χ1) is 34.7. The summed E-state index contributed by atoms with van der Waals surface area (Å²) in [5.41, 5.74) is 25.4. The molecule has 0 saturated carbocycles. The molecule has 0 fully saturated rings. The monoisotopic (exact) mass is 886 g/mol. The molecule has 0 aliphatic carbocycles. The van der Waals surface area contributed by atoms with Crippen LogP contribution in [0.25, 0.3) is 44.5 Å². The van der Waals surface area contributed by atoms with Gasteiger partial charge in [-0.2, -0.15) is 0 Å². The zero-order valence-electron chi connectivity index (χ0n) is 38.5. The smallest absolute Gasteiger partial charge is 0.247 e. The standard InChI is InChI=1S/C66H44B2N2/c1-6-18-45(19-7-1)49-32-35-59-57(40-49)66(58-41-52(48-24-12-4-13-25-48)44-64-65(58)68(59)60-28-16-17-29-63(60)70(64)54-26-14-5-15-27-54)55-33-30-50(46-20-8-2-9-21-46)42-61(55)67(53-36-38-69-39-37-53)62-43-51(31-34-56(62)66)47-22-10-3-11-23-47/h1-44H. The Hall–Kier alpha value is -8.72. The maximum Gasteiger partial charge on any atom is 0.247 e. The topological polar surface area (TPSA) is 16.1 Å². The van der Waals surface area contributed by atoms with Crippen LogP contribution in [0.3, 0.4) is 0 Å². The molecule has 0 atom stereocenters. The summed E-state index contributed by atoms with van der Waals surface area (Å²) in [6, 6.07) is 95.6. The van der Waals surface area contributed by atoms with Crippen molar-refractivity contribution in [2.75, 3.05) is 4.90 Å². The molecule has 10 aromatic carbocycles. The molecule has 14 rings (SSSR count). The van der Waals surface area contributed by atoms with Crippen molar-refractivity contribution in [2.45, 2.75) is 5.41 Å². The molecule has 324 valence electrons. The fourth-order valence-electron chi connectivity index (χ4n) is 12.4. The number of rotatable bonds is 6. The van der Waals surface area contributed by atoms with Crippen molar-refractivity contribution in [1.82, 2.24) is 4.98 Å². The van der Waals surface area contributed by atoms with E-state index in [2.05, 4.69) is 265 Å². The Bertz CT molecular complexity index is 3680. The second-order valence-corrected chi connectivity index (χ2v) is 19.0. The van der Waals surface area contributed by atoms with E-state index in [1.54, 1.807) is 0 Å². The third-order valence-corrected chi connectivity index (χ3v) is 15.4. The van der Waals surface area contributed by atoms with E-state index in [4.69, 9.17) is 0 Å². The lowest BCUT2D eigenvalue weighted by molar-refractivity contribution is 0.757. The molecule has 1 spiro atoms. The van der Waals surface area contributed by atoms with Gasteiger partial charge in [-0.3, -0.25) is 4.98 Å². The maximum absolute atomic E-state index is 4.58. The maximum atomic E-state index is 4.58. The van der Waals surface area contributed by atoms with Gasteiger partial charge >= 0.3 is 0 Å². The van der Waals surface area contributed by atoms with Crippen LogP contribution < -0.4 is 37.7 Å². The highest BCUT2D eigenvalue weighted by molar-refractivity contribution is 6.99. The van der Waals surface area contributed by atoms with Crippen molar-refractivity contribution in [2.24, 2.45) is 0 Å². The van der Waals surface area contributed by atoms with E-state index in [-0.39, 0.29) is 13.4 Å². The normalized spacial score (nSPS) is 13.5. The molecule has 0 amide bonds. The van der Waals surface area contributed by atoms with E-state index in [1.807, 2.05) is 12.4 Å². The van der Waals surface area contributed by atoms with E-state index in [0.29, 0.717) is 0 Å². The van der Waals surface area contributed by atoms with E-state index in [9.17, 15) is 0 Å². The van der Waals surface area contributed by atoms with Crippen molar-refractivity contribution < 1.29 is 0 Å². The minimum atomic E-state index is -0.765. The summed E-state index contributed by atoms with van der Waals surface area (Å²) in [6.45, 7) is -0.118. The van der Waals surface area contributed by atoms with Gasteiger partial charge in [-0.05, 0) is 120 Å². The van der Waals surface area contributed by atoms with Crippen LogP contribution in [0.2, 0.25) is 0 Å². The molecule has 0 unspecified atom stereocenters. The molecule has 2 nitrogen and oxygen atoms in total. The first kappa shape index (κ1) is 40.4. The second kappa shape index (κ2) is 16.2. The summed E-state index contributed by atoms with van der Waals surface area (Å²) in [6.07, 6.45) is 3.92. The van der Waals surface area contributed by atoms with Crippen LogP contribution in [0.1, 0.15) is 22.3 Å². The van der Waals surface area contributed by atoms with E-state index in [1.165, 1.54) is 111 Å². The second-order valence-electron chi connectivity index (χ2n) is 19.0. The summed E-state index contributed by atoms with van der Waals surface area (Å²) in [5, 5.41) is 0. The van der Waals surface area contributed by atoms with Crippen molar-refractivity contribution in [3.05, 3.63) is 289 Å². The summed E-state index contributed by atoms with van der Waals surface area (Å²) in [5.74, 6) is 0. The lowest BCUT2D eigenvalue weighted by atomic mass is 9.25. The fourth-order valence-corrected chi connectivity index (χ4v) is 12.4. The number of hydrogen-bond donors (Lipinski definition) is 0. The highest BCUT2D eigenvalue weighted by Crippen LogP contribution is 2.52. The summed E-state index contributed by atoms with van der Waals surface area (Å²) in [4.78, 5) is 7.12. The Morgan fingerprint density at radius 1 is 0.300 bits per heavy atom. The van der Waals surface area contributed by atoms with Gasteiger partial charge in [0.05, 0.1) is 5.41 Å². The molecule has 11 aromatic rings. The Morgan fingerprint density at radius 3 is 1.34 bits per heavy atom. The SMILES string of the molecule is c1ccc(-c2ccc3c(c2)B(c2ccncc2)c2cc(-c4ccccc4)ccc2C32c3cc(-c4ccccc4)ccc3B3c4ccccc4N(c4ccccc4)c4cc(-c5ccccc5)cc2c43)cc1. The molecular formula is C66H44B2N2. The first-order valence-corrected chi connectivity index (χ1v) is 24.4. The zero-order chi connectivity index (χ0) is 46.2. The van der Waals surface area contributed by atoms with Crippen LogP contribution in [-0.2, 0) is 5.41 Å². The number of nitrogens with zero attached hydrogens (tertiary/aromatic N) is 2. The third kappa shape index (κ3) is 6.13. The van der Waals surface area contributed by atoms with Crippen molar-refractivity contribution in [1.29, 1.82) is 0 Å². The average molecular weight is 887 g/mol. The first-order valence-electron chi connectivity index (χ1n) is 24.4. The predicted octanol–water partition coefficient (Wildman–Crippen LogP) is 11.6. The fraction of sp³-hybridized carbons (Fsp3) is 0.0152. The Labute approximate surface area is 410 Å². The molecular weight excluding hydrogens is 842 g/mol. The molecule has 0 saturated heterocycles. The van der Waals surface area contributed by atoms with Gasteiger partial charge in [0.25, 0.3) is 0 Å². The van der Waals surface area contributed by atoms with Gasteiger partial charge in [0.1, 0.15) is 0 Å². The molecule has 0 radical (unpaired) electrons. The molecule has 3 aliphatic rings. The van der Waals surface area contributed by atoms with Crippen LogP contribution in [0.4, 0.5) is 17.1 Å². The van der Waals surface area contributed by atoms with Gasteiger partial charge in [0.15, 0.2) is 0 Å². The highest BCUT2D eigenvalue weighted by atomic mass is 15.2. The number of hydrogen-bond acceptors (Lipinski definition) is 2. The van der Waals surface area contributed by atoms with E-state index in [0.717, 1.165) is 5.69 Å². The van der Waals surface area contributed by atoms with Gasteiger partial charge in [-0.1, -0.05) is 234 Å². The van der Waals surface area contributed by atoms with Crippen molar-refractivity contribution in [3.8, 4) is 44.5 Å². The van der Waals surface area contributed by atoms with Crippen LogP contribution in [0, 0.1) is 0 Å². The van der Waals surface area contributed by atoms with Crippen LogP contribution >= 0.6 is 0 Å². The molecule has 0 N–H and O–H groups in total. The van der Waals surface area contributed by atoms with Gasteiger partial charge in [0.2, 0.25) is 13.4 Å². The predicted molar refractivity (Wildman–Crippen MR) is 295 cm³/mol. The number of para-hydroxylation sites is 2. The average Bonchev–Trinajstić information content (AvgIpc) is 3.45. The minimum Gasteiger partial charge on any atom is -0.311 e. The lowest BCUT2D eigenvalue weighted by Gasteiger charge is -2.52.